The molecule has 0 unspecified atom stereocenters. The lowest BCUT2D eigenvalue weighted by molar-refractivity contribution is 0.405. The van der Waals surface area contributed by atoms with Crippen LogP contribution in [0.25, 0.3) is 11.2 Å². The van der Waals surface area contributed by atoms with E-state index in [2.05, 4.69) is 27.2 Å². The molecular weight excluding hydrogens is 381 g/mol. The molecule has 0 saturated heterocycles. The lowest BCUT2D eigenvalue weighted by atomic mass is 10.1. The molecule has 6 nitrogen and oxygen atoms in total. The summed E-state index contributed by atoms with van der Waals surface area (Å²) in [5.74, 6) is 0.857. The summed E-state index contributed by atoms with van der Waals surface area (Å²) in [5, 5.41) is 11.9. The van der Waals surface area contributed by atoms with Gasteiger partial charge in [-0.2, -0.15) is 0 Å². The van der Waals surface area contributed by atoms with Gasteiger partial charge in [-0.15, -0.1) is 10.2 Å². The summed E-state index contributed by atoms with van der Waals surface area (Å²) in [6.45, 7) is 5.52. The van der Waals surface area contributed by atoms with Crippen LogP contribution in [0.5, 0.6) is 5.75 Å². The number of ether oxygens (including phenoxy) is 1. The van der Waals surface area contributed by atoms with Crippen LogP contribution >= 0.6 is 11.6 Å². The molecule has 0 bridgehead atoms. The number of nitrogens with zero attached hydrogens (tertiary/aromatic N) is 4. The minimum atomic E-state index is -0.336. The molecule has 0 atom stereocenters. The number of nitrogens with one attached hydrogen (secondary N) is 1. The van der Waals surface area contributed by atoms with Crippen LogP contribution in [0.1, 0.15) is 18.1 Å². The summed E-state index contributed by atoms with van der Waals surface area (Å²) >= 11 is 6.32. The van der Waals surface area contributed by atoms with E-state index in [9.17, 15) is 4.39 Å². The molecule has 0 spiro atoms. The molecule has 2 heterocycles. The molecule has 0 saturated carbocycles. The fraction of sp³-hybridized carbons (Fsp3) is 0.150. The highest BCUT2D eigenvalue weighted by atomic mass is 35.5. The van der Waals surface area contributed by atoms with Gasteiger partial charge in [0.25, 0.3) is 0 Å². The average Bonchev–Trinajstić information content (AvgIpc) is 3.20. The number of hydrogen-bond donors (Lipinski definition) is 1. The number of aliphatic imine (C=N–C) groups is 1. The first-order valence-corrected chi connectivity index (χ1v) is 8.81. The van der Waals surface area contributed by atoms with Crippen LogP contribution in [-0.2, 0) is 6.54 Å². The Bertz CT molecular complexity index is 1070. The average molecular weight is 400 g/mol. The van der Waals surface area contributed by atoms with Gasteiger partial charge in [-0.25, -0.2) is 4.39 Å². The van der Waals surface area contributed by atoms with E-state index in [0.717, 1.165) is 11.1 Å². The number of hydrogen-bond acceptors (Lipinski definition) is 5. The van der Waals surface area contributed by atoms with Crippen molar-refractivity contribution < 1.29 is 9.13 Å². The SMILES string of the molecule is C=N/C=C\C(Cl)=C(/C)c1ccc(NCc2c(F)cccc2OC)n2cnnc12. The van der Waals surface area contributed by atoms with Crippen LogP contribution in [0.4, 0.5) is 10.2 Å². The molecule has 3 aromatic rings. The number of rotatable bonds is 7. The number of benzene rings is 1. The Balaban J connectivity index is 1.95. The van der Waals surface area contributed by atoms with E-state index in [1.54, 1.807) is 28.9 Å². The summed E-state index contributed by atoms with van der Waals surface area (Å²) in [6, 6.07) is 8.48. The number of halogens is 2. The van der Waals surface area contributed by atoms with Gasteiger partial charge in [0, 0.05) is 28.9 Å². The third-order valence-electron chi connectivity index (χ3n) is 4.29. The van der Waals surface area contributed by atoms with Crippen molar-refractivity contribution in [3.63, 3.8) is 0 Å². The van der Waals surface area contributed by atoms with E-state index in [4.69, 9.17) is 16.3 Å². The molecule has 0 radical (unpaired) electrons. The molecule has 0 aliphatic rings. The van der Waals surface area contributed by atoms with Gasteiger partial charge in [0.15, 0.2) is 5.65 Å². The second kappa shape index (κ2) is 8.67. The number of fused-ring (bicyclic) bond motifs is 1. The number of anilines is 1. The van der Waals surface area contributed by atoms with Gasteiger partial charge < -0.3 is 10.1 Å². The van der Waals surface area contributed by atoms with Gasteiger partial charge >= 0.3 is 0 Å². The summed E-state index contributed by atoms with van der Waals surface area (Å²) in [5.41, 5.74) is 2.71. The Morgan fingerprint density at radius 3 is 2.96 bits per heavy atom. The Labute approximate surface area is 167 Å². The molecule has 2 aromatic heterocycles. The molecular formula is C20H19ClFN5O. The summed E-state index contributed by atoms with van der Waals surface area (Å²) in [7, 11) is 1.51. The highest BCUT2D eigenvalue weighted by Crippen LogP contribution is 2.28. The normalized spacial score (nSPS) is 12.3. The minimum Gasteiger partial charge on any atom is -0.496 e. The maximum absolute atomic E-state index is 14.2. The van der Waals surface area contributed by atoms with Crippen molar-refractivity contribution in [1.29, 1.82) is 0 Å². The fourth-order valence-corrected chi connectivity index (χ4v) is 2.96. The van der Waals surface area contributed by atoms with Crippen molar-refractivity contribution in [3.05, 3.63) is 70.9 Å². The summed E-state index contributed by atoms with van der Waals surface area (Å²) in [6.07, 6.45) is 4.76. The quantitative estimate of drug-likeness (QED) is 0.463. The molecule has 28 heavy (non-hydrogen) atoms. The molecule has 8 heteroatoms. The number of pyridine rings is 1. The van der Waals surface area contributed by atoms with E-state index < -0.39 is 0 Å². The second-order valence-electron chi connectivity index (χ2n) is 5.90. The standard InChI is InChI=1S/C20H19ClFN5O/c1-13(16(21)9-10-23-2)14-7-8-19(27-12-25-26-20(14)27)24-11-15-17(22)5-4-6-18(15)28-3/h4-10,12,24H,2,11H2,1,3H3/b10-9-,16-13-. The van der Waals surface area contributed by atoms with E-state index in [1.807, 2.05) is 19.1 Å². The minimum absolute atomic E-state index is 0.242. The third kappa shape index (κ3) is 3.89. The van der Waals surface area contributed by atoms with Gasteiger partial charge in [0.2, 0.25) is 0 Å². The van der Waals surface area contributed by atoms with Gasteiger partial charge in [0.1, 0.15) is 23.7 Å². The fourth-order valence-electron chi connectivity index (χ4n) is 2.80. The van der Waals surface area contributed by atoms with Crippen molar-refractivity contribution in [3.8, 4) is 5.75 Å². The Hall–Kier alpha value is -3.19. The maximum atomic E-state index is 14.2. The summed E-state index contributed by atoms with van der Waals surface area (Å²) < 4.78 is 21.2. The topological polar surface area (TPSA) is 63.8 Å². The molecule has 1 N–H and O–H groups in total. The van der Waals surface area contributed by atoms with Crippen LogP contribution < -0.4 is 10.1 Å². The Morgan fingerprint density at radius 1 is 1.39 bits per heavy atom. The molecule has 1 aromatic carbocycles. The van der Waals surface area contributed by atoms with Crippen molar-refractivity contribution >= 4 is 35.4 Å². The maximum Gasteiger partial charge on any atom is 0.169 e. The predicted octanol–water partition coefficient (Wildman–Crippen LogP) is 4.67. The molecule has 144 valence electrons. The van der Waals surface area contributed by atoms with Crippen molar-refractivity contribution in [2.75, 3.05) is 12.4 Å². The van der Waals surface area contributed by atoms with Gasteiger partial charge in [0.05, 0.1) is 7.11 Å². The van der Waals surface area contributed by atoms with Crippen LogP contribution in [0.2, 0.25) is 0 Å². The molecule has 0 aliphatic heterocycles. The molecule has 0 amide bonds. The number of allylic oxidation sites excluding steroid dienone is 3. The van der Waals surface area contributed by atoms with Crippen LogP contribution in [-0.4, -0.2) is 28.4 Å². The Morgan fingerprint density at radius 2 is 2.21 bits per heavy atom. The van der Waals surface area contributed by atoms with Crippen LogP contribution in [0.15, 0.2) is 59.0 Å². The lowest BCUT2D eigenvalue weighted by Crippen LogP contribution is -2.07. The first-order valence-electron chi connectivity index (χ1n) is 8.44. The molecule has 0 fully saturated rings. The molecule has 3 rings (SSSR count). The zero-order valence-electron chi connectivity index (χ0n) is 15.5. The highest BCUT2D eigenvalue weighted by Gasteiger charge is 2.13. The van der Waals surface area contributed by atoms with Crippen LogP contribution in [0, 0.1) is 5.82 Å². The number of aromatic nitrogens is 3. The van der Waals surface area contributed by atoms with Gasteiger partial charge in [-0.3, -0.25) is 9.39 Å². The van der Waals surface area contributed by atoms with Crippen molar-refractivity contribution in [2.24, 2.45) is 4.99 Å². The van der Waals surface area contributed by atoms with Gasteiger partial charge in [-0.1, -0.05) is 17.7 Å². The lowest BCUT2D eigenvalue weighted by Gasteiger charge is -2.14. The van der Waals surface area contributed by atoms with E-state index in [-0.39, 0.29) is 12.4 Å². The monoisotopic (exact) mass is 399 g/mol. The first kappa shape index (κ1) is 19.6. The second-order valence-corrected chi connectivity index (χ2v) is 6.31. The largest absolute Gasteiger partial charge is 0.496 e. The third-order valence-corrected chi connectivity index (χ3v) is 4.70. The number of methoxy groups -OCH3 is 1. The predicted molar refractivity (Wildman–Crippen MR) is 110 cm³/mol. The first-order chi connectivity index (χ1) is 13.6. The van der Waals surface area contributed by atoms with Crippen molar-refractivity contribution in [1.82, 2.24) is 14.6 Å². The van der Waals surface area contributed by atoms with Crippen molar-refractivity contribution in [2.45, 2.75) is 13.5 Å². The zero-order chi connectivity index (χ0) is 20.1. The van der Waals surface area contributed by atoms with E-state index >= 15 is 0 Å². The van der Waals surface area contributed by atoms with Crippen LogP contribution in [0.3, 0.4) is 0 Å². The smallest absolute Gasteiger partial charge is 0.169 e. The van der Waals surface area contributed by atoms with E-state index in [0.29, 0.717) is 27.8 Å². The van der Waals surface area contributed by atoms with E-state index in [1.165, 1.54) is 19.4 Å². The zero-order valence-corrected chi connectivity index (χ0v) is 16.2. The molecule has 0 aliphatic carbocycles. The highest BCUT2D eigenvalue weighted by molar-refractivity contribution is 6.34. The summed E-state index contributed by atoms with van der Waals surface area (Å²) in [4.78, 5) is 3.66. The van der Waals surface area contributed by atoms with Gasteiger partial charge in [-0.05, 0) is 49.6 Å². The Kier molecular flexibility index (Phi) is 6.06.